The summed E-state index contributed by atoms with van der Waals surface area (Å²) < 4.78 is 18.4. The number of benzene rings is 2. The van der Waals surface area contributed by atoms with Gasteiger partial charge in [0.1, 0.15) is 11.3 Å². The van der Waals surface area contributed by atoms with Crippen molar-refractivity contribution in [1.29, 1.82) is 0 Å². The minimum Gasteiger partial charge on any atom is -0.507 e. The van der Waals surface area contributed by atoms with Crippen LogP contribution in [0.5, 0.6) is 11.5 Å². The van der Waals surface area contributed by atoms with Crippen molar-refractivity contribution < 1.29 is 24.1 Å². The van der Waals surface area contributed by atoms with Gasteiger partial charge >= 0.3 is 5.97 Å². The summed E-state index contributed by atoms with van der Waals surface area (Å²) in [6.45, 7) is 0. The molecule has 0 radical (unpaired) electrons. The smallest absolute Gasteiger partial charge is 0.339 e. The van der Waals surface area contributed by atoms with E-state index in [4.69, 9.17) is 9.84 Å². The van der Waals surface area contributed by atoms with E-state index in [9.17, 15) is 14.3 Å². The number of aromatic carboxylic acids is 1. The quantitative estimate of drug-likeness (QED) is 0.892. The summed E-state index contributed by atoms with van der Waals surface area (Å²) in [5, 5.41) is 18.3. The van der Waals surface area contributed by atoms with Crippen molar-refractivity contribution in [3.63, 3.8) is 0 Å². The van der Waals surface area contributed by atoms with Gasteiger partial charge in [0.25, 0.3) is 0 Å². The van der Waals surface area contributed by atoms with Gasteiger partial charge in [0.05, 0.1) is 7.11 Å². The summed E-state index contributed by atoms with van der Waals surface area (Å²) >= 11 is 0. The molecule has 0 spiro atoms. The maximum Gasteiger partial charge on any atom is 0.339 e. The molecule has 0 fully saturated rings. The van der Waals surface area contributed by atoms with E-state index in [1.54, 1.807) is 6.07 Å². The van der Waals surface area contributed by atoms with E-state index >= 15 is 0 Å². The number of carboxylic acids is 1. The second-order valence-corrected chi connectivity index (χ2v) is 3.89. The van der Waals surface area contributed by atoms with Crippen LogP contribution < -0.4 is 4.74 Å². The van der Waals surface area contributed by atoms with Gasteiger partial charge in [0.15, 0.2) is 11.6 Å². The third kappa shape index (κ3) is 2.49. The van der Waals surface area contributed by atoms with Crippen LogP contribution in [0.25, 0.3) is 11.1 Å². The van der Waals surface area contributed by atoms with Gasteiger partial charge in [-0.3, -0.25) is 0 Å². The summed E-state index contributed by atoms with van der Waals surface area (Å²) in [6.07, 6.45) is 0. The third-order valence-corrected chi connectivity index (χ3v) is 2.71. The van der Waals surface area contributed by atoms with Crippen LogP contribution in [0.1, 0.15) is 10.4 Å². The minimum atomic E-state index is -1.24. The van der Waals surface area contributed by atoms with E-state index in [0.717, 1.165) is 0 Å². The Morgan fingerprint density at radius 1 is 1.16 bits per heavy atom. The van der Waals surface area contributed by atoms with Crippen LogP contribution >= 0.6 is 0 Å². The lowest BCUT2D eigenvalue weighted by Gasteiger charge is -2.07. The molecule has 4 nitrogen and oxygen atoms in total. The summed E-state index contributed by atoms with van der Waals surface area (Å²) in [5.41, 5.74) is 0.770. The Morgan fingerprint density at radius 2 is 1.79 bits per heavy atom. The lowest BCUT2D eigenvalue weighted by Crippen LogP contribution is -1.97. The molecule has 0 aromatic heterocycles. The van der Waals surface area contributed by atoms with Gasteiger partial charge in [-0.25, -0.2) is 9.18 Å². The van der Waals surface area contributed by atoms with Gasteiger partial charge in [-0.1, -0.05) is 12.1 Å². The highest BCUT2D eigenvalue weighted by Crippen LogP contribution is 2.29. The third-order valence-electron chi connectivity index (χ3n) is 2.71. The zero-order valence-electron chi connectivity index (χ0n) is 10.1. The fourth-order valence-corrected chi connectivity index (χ4v) is 1.73. The van der Waals surface area contributed by atoms with Crippen LogP contribution in [0.2, 0.25) is 0 Å². The van der Waals surface area contributed by atoms with Gasteiger partial charge in [-0.05, 0) is 35.4 Å². The Bertz CT molecular complexity index is 637. The summed E-state index contributed by atoms with van der Waals surface area (Å²) in [4.78, 5) is 10.9. The molecule has 0 saturated heterocycles. The van der Waals surface area contributed by atoms with Gasteiger partial charge in [0, 0.05) is 0 Å². The van der Waals surface area contributed by atoms with Crippen molar-refractivity contribution in [1.82, 2.24) is 0 Å². The lowest BCUT2D eigenvalue weighted by molar-refractivity contribution is 0.0694. The Labute approximate surface area is 108 Å². The predicted octanol–water partition coefficient (Wildman–Crippen LogP) is 2.91. The number of rotatable bonds is 3. The Hall–Kier alpha value is -2.56. The topological polar surface area (TPSA) is 66.8 Å². The maximum atomic E-state index is 13.6. The summed E-state index contributed by atoms with van der Waals surface area (Å²) in [7, 11) is 1.36. The van der Waals surface area contributed by atoms with Crippen LogP contribution in [0.3, 0.4) is 0 Å². The van der Waals surface area contributed by atoms with Crippen LogP contribution in [-0.4, -0.2) is 23.3 Å². The molecule has 0 unspecified atom stereocenters. The molecule has 0 aliphatic rings. The molecule has 0 heterocycles. The zero-order valence-corrected chi connectivity index (χ0v) is 10.1. The van der Waals surface area contributed by atoms with Crippen molar-refractivity contribution in [3.05, 3.63) is 47.8 Å². The van der Waals surface area contributed by atoms with Crippen molar-refractivity contribution in [2.45, 2.75) is 0 Å². The van der Waals surface area contributed by atoms with Crippen molar-refractivity contribution >= 4 is 5.97 Å². The average molecular weight is 262 g/mol. The number of hydrogen-bond donors (Lipinski definition) is 2. The fourth-order valence-electron chi connectivity index (χ4n) is 1.73. The van der Waals surface area contributed by atoms with Crippen molar-refractivity contribution in [2.24, 2.45) is 0 Å². The molecule has 2 rings (SSSR count). The van der Waals surface area contributed by atoms with E-state index in [1.807, 2.05) is 0 Å². The number of carbonyl (C=O) groups is 1. The first-order valence-electron chi connectivity index (χ1n) is 5.43. The number of phenols is 1. The first kappa shape index (κ1) is 12.9. The van der Waals surface area contributed by atoms with Gasteiger partial charge in [-0.2, -0.15) is 0 Å². The maximum absolute atomic E-state index is 13.6. The molecule has 19 heavy (non-hydrogen) atoms. The normalized spacial score (nSPS) is 10.2. The van der Waals surface area contributed by atoms with Crippen LogP contribution in [0, 0.1) is 5.82 Å². The van der Waals surface area contributed by atoms with Gasteiger partial charge < -0.3 is 14.9 Å². The largest absolute Gasteiger partial charge is 0.507 e. The number of hydrogen-bond acceptors (Lipinski definition) is 3. The molecule has 0 bridgehead atoms. The molecule has 2 aromatic rings. The molecule has 0 amide bonds. The monoisotopic (exact) mass is 262 g/mol. The molecular weight excluding hydrogens is 251 g/mol. The van der Waals surface area contributed by atoms with Crippen LogP contribution in [0.4, 0.5) is 4.39 Å². The van der Waals surface area contributed by atoms with E-state index in [2.05, 4.69) is 0 Å². The summed E-state index contributed by atoms with van der Waals surface area (Å²) in [5.74, 6) is -2.00. The number of carboxylic acid groups (broad SMARTS) is 1. The van der Waals surface area contributed by atoms with Crippen molar-refractivity contribution in [3.8, 4) is 22.6 Å². The van der Waals surface area contributed by atoms with Gasteiger partial charge in [0.2, 0.25) is 0 Å². The van der Waals surface area contributed by atoms with E-state index in [0.29, 0.717) is 11.1 Å². The zero-order chi connectivity index (χ0) is 14.0. The van der Waals surface area contributed by atoms with Crippen LogP contribution in [-0.2, 0) is 0 Å². The van der Waals surface area contributed by atoms with Crippen LogP contribution in [0.15, 0.2) is 36.4 Å². The Morgan fingerprint density at radius 3 is 2.37 bits per heavy atom. The molecule has 0 aliphatic heterocycles. The molecular formula is C14H11FO4. The number of methoxy groups -OCH3 is 1. The van der Waals surface area contributed by atoms with E-state index in [1.165, 1.54) is 37.4 Å². The summed E-state index contributed by atoms with van der Waals surface area (Å²) in [6, 6.07) is 8.39. The molecule has 2 aromatic carbocycles. The average Bonchev–Trinajstić information content (AvgIpc) is 2.38. The van der Waals surface area contributed by atoms with E-state index in [-0.39, 0.29) is 17.1 Å². The first-order chi connectivity index (χ1) is 9.02. The molecule has 2 N–H and O–H groups in total. The predicted molar refractivity (Wildman–Crippen MR) is 67.0 cm³/mol. The SMILES string of the molecule is COc1ccc(-c2ccc(O)c(C(=O)O)c2)cc1F. The van der Waals surface area contributed by atoms with E-state index < -0.39 is 11.8 Å². The highest BCUT2D eigenvalue weighted by Gasteiger charge is 2.12. The Balaban J connectivity index is 2.50. The molecule has 98 valence electrons. The standard InChI is InChI=1S/C14H11FO4/c1-19-13-5-3-9(7-11(13)15)8-2-4-12(16)10(6-8)14(17)18/h2-7,16H,1H3,(H,17,18). The minimum absolute atomic E-state index is 0.112. The van der Waals surface area contributed by atoms with Gasteiger partial charge in [-0.15, -0.1) is 0 Å². The number of ether oxygens (including phenoxy) is 1. The molecule has 0 saturated carbocycles. The lowest BCUT2D eigenvalue weighted by atomic mass is 10.0. The second-order valence-electron chi connectivity index (χ2n) is 3.89. The highest BCUT2D eigenvalue weighted by atomic mass is 19.1. The fraction of sp³-hybridized carbons (Fsp3) is 0.0714. The number of halogens is 1. The Kier molecular flexibility index (Phi) is 3.37. The molecule has 0 atom stereocenters. The number of aromatic hydroxyl groups is 1. The van der Waals surface area contributed by atoms with Crippen molar-refractivity contribution in [2.75, 3.05) is 7.11 Å². The second kappa shape index (κ2) is 4.97. The molecule has 0 aliphatic carbocycles. The highest BCUT2D eigenvalue weighted by molar-refractivity contribution is 5.92. The first-order valence-corrected chi connectivity index (χ1v) is 5.43. The molecule has 5 heteroatoms.